The number of aromatic nitrogens is 1. The SMILES string of the molecule is O=c1ccc(S(=O)(=O)NCc2cccs2)c[nH]1. The predicted octanol–water partition coefficient (Wildman–Crippen LogP) is 0.915. The molecule has 5 nitrogen and oxygen atoms in total. The van der Waals surface area contributed by atoms with Crippen molar-refractivity contribution in [1.29, 1.82) is 0 Å². The molecule has 0 aliphatic heterocycles. The van der Waals surface area contributed by atoms with Gasteiger partial charge >= 0.3 is 0 Å². The zero-order chi connectivity index (χ0) is 12.3. The van der Waals surface area contributed by atoms with Gasteiger partial charge in [-0.3, -0.25) is 4.79 Å². The Kier molecular flexibility index (Phi) is 3.41. The van der Waals surface area contributed by atoms with Crippen molar-refractivity contribution >= 4 is 21.4 Å². The Bertz CT molecular complexity index is 624. The summed E-state index contributed by atoms with van der Waals surface area (Å²) in [5.41, 5.74) is -0.331. The highest BCUT2D eigenvalue weighted by Gasteiger charge is 2.13. The van der Waals surface area contributed by atoms with E-state index in [0.29, 0.717) is 0 Å². The fourth-order valence-electron chi connectivity index (χ4n) is 1.23. The van der Waals surface area contributed by atoms with Crippen LogP contribution in [0.4, 0.5) is 0 Å². The van der Waals surface area contributed by atoms with Crippen LogP contribution < -0.4 is 10.3 Å². The molecule has 0 aromatic carbocycles. The highest BCUT2D eigenvalue weighted by molar-refractivity contribution is 7.89. The third-order valence-corrected chi connectivity index (χ3v) is 4.36. The van der Waals surface area contributed by atoms with Crippen LogP contribution in [-0.2, 0) is 16.6 Å². The molecule has 0 fully saturated rings. The number of aromatic amines is 1. The predicted molar refractivity (Wildman–Crippen MR) is 65.4 cm³/mol. The standard InChI is InChI=1S/C10H10N2O3S2/c13-10-4-3-9(7-11-10)17(14,15)12-6-8-2-1-5-16-8/h1-5,7,12H,6H2,(H,11,13). The summed E-state index contributed by atoms with van der Waals surface area (Å²) in [6.45, 7) is 0.249. The van der Waals surface area contributed by atoms with Crippen molar-refractivity contribution in [2.24, 2.45) is 0 Å². The number of hydrogen-bond acceptors (Lipinski definition) is 4. The first-order valence-corrected chi connectivity index (χ1v) is 7.15. The Morgan fingerprint density at radius 2 is 2.12 bits per heavy atom. The molecule has 0 amide bonds. The number of sulfonamides is 1. The van der Waals surface area contributed by atoms with Crippen molar-refractivity contribution in [3.63, 3.8) is 0 Å². The second-order valence-electron chi connectivity index (χ2n) is 3.29. The summed E-state index contributed by atoms with van der Waals surface area (Å²) in [5, 5.41) is 1.88. The normalized spacial score (nSPS) is 11.5. The van der Waals surface area contributed by atoms with Crippen molar-refractivity contribution in [3.05, 3.63) is 51.1 Å². The molecule has 7 heteroatoms. The van der Waals surface area contributed by atoms with Gasteiger partial charge in [-0.05, 0) is 17.5 Å². The monoisotopic (exact) mass is 270 g/mol. The summed E-state index contributed by atoms with van der Waals surface area (Å²) in [6, 6.07) is 6.16. The van der Waals surface area contributed by atoms with Gasteiger partial charge in [0.15, 0.2) is 0 Å². The first kappa shape index (κ1) is 12.0. The smallest absolute Gasteiger partial charge is 0.247 e. The van der Waals surface area contributed by atoms with Crippen molar-refractivity contribution in [1.82, 2.24) is 9.71 Å². The third-order valence-electron chi connectivity index (χ3n) is 2.08. The van der Waals surface area contributed by atoms with E-state index < -0.39 is 10.0 Å². The minimum Gasteiger partial charge on any atom is -0.328 e. The Morgan fingerprint density at radius 1 is 1.29 bits per heavy atom. The van der Waals surface area contributed by atoms with Crippen molar-refractivity contribution in [2.45, 2.75) is 11.4 Å². The van der Waals surface area contributed by atoms with E-state index in [-0.39, 0.29) is 17.0 Å². The zero-order valence-electron chi connectivity index (χ0n) is 8.71. The molecule has 17 heavy (non-hydrogen) atoms. The first-order valence-electron chi connectivity index (χ1n) is 4.79. The Hall–Kier alpha value is -1.44. The molecular weight excluding hydrogens is 260 g/mol. The molecule has 0 aliphatic carbocycles. The van der Waals surface area contributed by atoms with Gasteiger partial charge in [0.2, 0.25) is 15.6 Å². The average molecular weight is 270 g/mol. The van der Waals surface area contributed by atoms with Gasteiger partial charge in [0, 0.05) is 23.7 Å². The van der Waals surface area contributed by atoms with Gasteiger partial charge in [0.25, 0.3) is 0 Å². The summed E-state index contributed by atoms with van der Waals surface area (Å²) >= 11 is 1.48. The van der Waals surface area contributed by atoms with Gasteiger partial charge in [0.05, 0.1) is 4.90 Å². The Morgan fingerprint density at radius 3 is 2.71 bits per heavy atom. The number of nitrogens with one attached hydrogen (secondary N) is 2. The molecule has 2 aromatic heterocycles. The number of hydrogen-bond donors (Lipinski definition) is 2. The minimum absolute atomic E-state index is 0.0497. The van der Waals surface area contributed by atoms with Crippen LogP contribution in [0.2, 0.25) is 0 Å². The lowest BCUT2D eigenvalue weighted by Gasteiger charge is -2.04. The minimum atomic E-state index is -3.57. The lowest BCUT2D eigenvalue weighted by Crippen LogP contribution is -2.23. The molecule has 0 saturated carbocycles. The Balaban J connectivity index is 2.14. The van der Waals surface area contributed by atoms with E-state index >= 15 is 0 Å². The largest absolute Gasteiger partial charge is 0.328 e. The molecule has 0 aliphatic rings. The Labute approximate surface area is 102 Å². The van der Waals surface area contributed by atoms with E-state index in [1.54, 1.807) is 0 Å². The van der Waals surface area contributed by atoms with Crippen LogP contribution in [0.5, 0.6) is 0 Å². The molecule has 0 atom stereocenters. The van der Waals surface area contributed by atoms with E-state index in [2.05, 4.69) is 9.71 Å². The number of pyridine rings is 1. The van der Waals surface area contributed by atoms with Gasteiger partial charge in [-0.15, -0.1) is 11.3 Å². The third kappa shape index (κ3) is 3.02. The molecule has 0 unspecified atom stereocenters. The lowest BCUT2D eigenvalue weighted by molar-refractivity contribution is 0.581. The van der Waals surface area contributed by atoms with Crippen LogP contribution in [0.1, 0.15) is 4.88 Å². The molecular formula is C10H10N2O3S2. The molecule has 0 bridgehead atoms. The number of rotatable bonds is 4. The van der Waals surface area contributed by atoms with Gasteiger partial charge in [-0.25, -0.2) is 13.1 Å². The van der Waals surface area contributed by atoms with Crippen molar-refractivity contribution in [3.8, 4) is 0 Å². The maximum Gasteiger partial charge on any atom is 0.247 e. The summed E-state index contributed by atoms with van der Waals surface area (Å²) < 4.78 is 26.1. The summed E-state index contributed by atoms with van der Waals surface area (Å²) in [6.07, 6.45) is 1.18. The van der Waals surface area contributed by atoms with E-state index in [1.807, 2.05) is 17.5 Å². The summed E-state index contributed by atoms with van der Waals surface area (Å²) in [4.78, 5) is 14.1. The molecule has 0 spiro atoms. The molecule has 0 radical (unpaired) electrons. The van der Waals surface area contributed by atoms with E-state index in [0.717, 1.165) is 4.88 Å². The number of H-pyrrole nitrogens is 1. The van der Waals surface area contributed by atoms with Gasteiger partial charge < -0.3 is 4.98 Å². The highest BCUT2D eigenvalue weighted by atomic mass is 32.2. The van der Waals surface area contributed by atoms with Crippen LogP contribution >= 0.6 is 11.3 Å². The van der Waals surface area contributed by atoms with Gasteiger partial charge in [-0.1, -0.05) is 6.07 Å². The molecule has 0 saturated heterocycles. The van der Waals surface area contributed by atoms with Crippen molar-refractivity contribution < 1.29 is 8.42 Å². The molecule has 2 rings (SSSR count). The fraction of sp³-hybridized carbons (Fsp3) is 0.100. The molecule has 2 N–H and O–H groups in total. The molecule has 2 aromatic rings. The molecule has 90 valence electrons. The van der Waals surface area contributed by atoms with Crippen LogP contribution in [0.3, 0.4) is 0 Å². The average Bonchev–Trinajstić information content (AvgIpc) is 2.80. The van der Waals surface area contributed by atoms with Gasteiger partial charge in [-0.2, -0.15) is 0 Å². The van der Waals surface area contributed by atoms with E-state index in [4.69, 9.17) is 0 Å². The second-order valence-corrected chi connectivity index (χ2v) is 6.09. The first-order chi connectivity index (χ1) is 8.08. The molecule has 2 heterocycles. The van der Waals surface area contributed by atoms with E-state index in [9.17, 15) is 13.2 Å². The van der Waals surface area contributed by atoms with Crippen LogP contribution in [-0.4, -0.2) is 13.4 Å². The second kappa shape index (κ2) is 4.82. The van der Waals surface area contributed by atoms with Crippen LogP contribution in [0.15, 0.2) is 45.5 Å². The maximum atomic E-state index is 11.8. The van der Waals surface area contributed by atoms with E-state index in [1.165, 1.54) is 29.7 Å². The van der Waals surface area contributed by atoms with Crippen molar-refractivity contribution in [2.75, 3.05) is 0 Å². The summed E-state index contributed by atoms with van der Waals surface area (Å²) in [5.74, 6) is 0. The van der Waals surface area contributed by atoms with Crippen LogP contribution in [0.25, 0.3) is 0 Å². The zero-order valence-corrected chi connectivity index (χ0v) is 10.3. The van der Waals surface area contributed by atoms with Gasteiger partial charge in [0.1, 0.15) is 0 Å². The fourth-order valence-corrected chi connectivity index (χ4v) is 2.94. The van der Waals surface area contributed by atoms with Crippen LogP contribution in [0, 0.1) is 0 Å². The summed E-state index contributed by atoms with van der Waals surface area (Å²) in [7, 11) is -3.57. The topological polar surface area (TPSA) is 79.0 Å². The highest BCUT2D eigenvalue weighted by Crippen LogP contribution is 2.10. The maximum absolute atomic E-state index is 11.8. The quantitative estimate of drug-likeness (QED) is 0.867. The lowest BCUT2D eigenvalue weighted by atomic mass is 10.5. The number of thiophene rings is 1.